The summed E-state index contributed by atoms with van der Waals surface area (Å²) in [6.45, 7) is 4.91. The summed E-state index contributed by atoms with van der Waals surface area (Å²) in [6, 6.07) is 26.7. The molecule has 5 heteroatoms. The molecule has 2 aliphatic rings. The Kier molecular flexibility index (Phi) is 8.54. The summed E-state index contributed by atoms with van der Waals surface area (Å²) in [5.74, 6) is 0.795. The SMILES string of the molecule is O=C(c1ccccc1)N1CCC[C@](CCCN2CCC(c3ccccc3)CC2)(c2ccc(Cl)c(Cl)c2)C1. The van der Waals surface area contributed by atoms with E-state index in [1.807, 2.05) is 47.4 Å². The van der Waals surface area contributed by atoms with Crippen molar-refractivity contribution in [2.75, 3.05) is 32.7 Å². The predicted octanol–water partition coefficient (Wildman–Crippen LogP) is 7.83. The van der Waals surface area contributed by atoms with E-state index in [0.29, 0.717) is 16.0 Å². The second-order valence-electron chi connectivity index (χ2n) is 10.7. The van der Waals surface area contributed by atoms with Crippen molar-refractivity contribution >= 4 is 29.1 Å². The summed E-state index contributed by atoms with van der Waals surface area (Å²) >= 11 is 12.8. The molecule has 0 spiro atoms. The van der Waals surface area contributed by atoms with Crippen LogP contribution < -0.4 is 0 Å². The Labute approximate surface area is 231 Å². The first-order valence-corrected chi connectivity index (χ1v) is 14.4. The molecule has 194 valence electrons. The Hall–Kier alpha value is -2.33. The number of hydrogen-bond donors (Lipinski definition) is 0. The number of hydrogen-bond acceptors (Lipinski definition) is 2. The molecule has 0 aliphatic carbocycles. The van der Waals surface area contributed by atoms with Crippen LogP contribution in [0, 0.1) is 0 Å². The van der Waals surface area contributed by atoms with Crippen LogP contribution >= 0.6 is 23.2 Å². The molecule has 0 aromatic heterocycles. The minimum Gasteiger partial charge on any atom is -0.338 e. The number of nitrogens with zero attached hydrogens (tertiary/aromatic N) is 2. The van der Waals surface area contributed by atoms with Crippen molar-refractivity contribution in [3.63, 3.8) is 0 Å². The average Bonchev–Trinajstić information content (AvgIpc) is 2.95. The van der Waals surface area contributed by atoms with Crippen LogP contribution in [0.2, 0.25) is 10.0 Å². The van der Waals surface area contributed by atoms with Gasteiger partial charge in [-0.3, -0.25) is 4.79 Å². The van der Waals surface area contributed by atoms with Crippen LogP contribution in [0.5, 0.6) is 0 Å². The van der Waals surface area contributed by atoms with Crippen molar-refractivity contribution in [2.45, 2.75) is 49.9 Å². The highest BCUT2D eigenvalue weighted by molar-refractivity contribution is 6.42. The first kappa shape index (κ1) is 26.3. The summed E-state index contributed by atoms with van der Waals surface area (Å²) in [4.78, 5) is 18.1. The summed E-state index contributed by atoms with van der Waals surface area (Å²) in [7, 11) is 0. The van der Waals surface area contributed by atoms with E-state index >= 15 is 0 Å². The molecule has 3 aromatic carbocycles. The number of benzene rings is 3. The van der Waals surface area contributed by atoms with Gasteiger partial charge in [0.25, 0.3) is 5.91 Å². The highest BCUT2D eigenvalue weighted by Crippen LogP contribution is 2.41. The molecule has 0 bridgehead atoms. The molecular formula is C32H36Cl2N2O. The molecule has 1 amide bonds. The summed E-state index contributed by atoms with van der Waals surface area (Å²) in [6.07, 6.45) is 6.62. The van der Waals surface area contributed by atoms with E-state index in [1.165, 1.54) is 24.0 Å². The molecule has 2 heterocycles. The lowest BCUT2D eigenvalue weighted by molar-refractivity contribution is 0.0619. The first-order valence-electron chi connectivity index (χ1n) is 13.6. The van der Waals surface area contributed by atoms with Crippen molar-refractivity contribution in [1.29, 1.82) is 0 Å². The van der Waals surface area contributed by atoms with E-state index in [-0.39, 0.29) is 11.3 Å². The smallest absolute Gasteiger partial charge is 0.253 e. The van der Waals surface area contributed by atoms with E-state index in [9.17, 15) is 4.79 Å². The highest BCUT2D eigenvalue weighted by Gasteiger charge is 2.39. The summed E-state index contributed by atoms with van der Waals surface area (Å²) in [5, 5.41) is 1.17. The minimum absolute atomic E-state index is 0.112. The second kappa shape index (κ2) is 12.0. The Morgan fingerprint density at radius 1 is 0.865 bits per heavy atom. The standard InChI is InChI=1S/C32H36Cl2N2O/c33-29-14-13-28(23-30(29)34)32(18-8-20-36(24-32)31(37)27-11-5-2-6-12-27)17-7-19-35-21-15-26(16-22-35)25-9-3-1-4-10-25/h1-6,9-14,23,26H,7-8,15-22,24H2/t32-/m0/s1. The first-order chi connectivity index (χ1) is 18.0. The molecule has 1 atom stereocenters. The van der Waals surface area contributed by atoms with Gasteiger partial charge in [0.15, 0.2) is 0 Å². The minimum atomic E-state index is -0.112. The third kappa shape index (κ3) is 6.22. The van der Waals surface area contributed by atoms with Gasteiger partial charge < -0.3 is 9.80 Å². The number of carbonyl (C=O) groups is 1. The largest absolute Gasteiger partial charge is 0.338 e. The Morgan fingerprint density at radius 3 is 2.27 bits per heavy atom. The molecule has 2 fully saturated rings. The van der Waals surface area contributed by atoms with E-state index in [2.05, 4.69) is 41.3 Å². The topological polar surface area (TPSA) is 23.6 Å². The molecule has 5 rings (SSSR count). The van der Waals surface area contributed by atoms with Gasteiger partial charge in [-0.1, -0.05) is 77.8 Å². The van der Waals surface area contributed by atoms with Crippen LogP contribution in [0.25, 0.3) is 0 Å². The maximum Gasteiger partial charge on any atom is 0.253 e. The van der Waals surface area contributed by atoms with Crippen molar-refractivity contribution in [3.8, 4) is 0 Å². The monoisotopic (exact) mass is 534 g/mol. The van der Waals surface area contributed by atoms with E-state index in [0.717, 1.165) is 64.0 Å². The van der Waals surface area contributed by atoms with Gasteiger partial charge in [-0.25, -0.2) is 0 Å². The molecule has 0 unspecified atom stereocenters. The van der Waals surface area contributed by atoms with Crippen molar-refractivity contribution in [1.82, 2.24) is 9.80 Å². The van der Waals surface area contributed by atoms with Gasteiger partial charge in [0.05, 0.1) is 10.0 Å². The number of rotatable bonds is 7. The van der Waals surface area contributed by atoms with Crippen LogP contribution in [0.1, 0.15) is 65.9 Å². The maximum atomic E-state index is 13.4. The molecule has 3 nitrogen and oxygen atoms in total. The lowest BCUT2D eigenvalue weighted by Gasteiger charge is -2.44. The molecule has 0 saturated carbocycles. The number of amides is 1. The van der Waals surface area contributed by atoms with Gasteiger partial charge in [0.2, 0.25) is 0 Å². The highest BCUT2D eigenvalue weighted by atomic mass is 35.5. The molecule has 0 N–H and O–H groups in total. The predicted molar refractivity (Wildman–Crippen MR) is 154 cm³/mol. The second-order valence-corrected chi connectivity index (χ2v) is 11.6. The third-order valence-corrected chi connectivity index (χ3v) is 9.14. The molecule has 2 saturated heterocycles. The molecular weight excluding hydrogens is 499 g/mol. The summed E-state index contributed by atoms with van der Waals surface area (Å²) in [5.41, 5.74) is 3.33. The lowest BCUT2D eigenvalue weighted by atomic mass is 9.71. The Morgan fingerprint density at radius 2 is 1.57 bits per heavy atom. The molecule has 37 heavy (non-hydrogen) atoms. The fraction of sp³-hybridized carbons (Fsp3) is 0.406. The fourth-order valence-corrected chi connectivity index (χ4v) is 6.63. The third-order valence-electron chi connectivity index (χ3n) is 8.41. The van der Waals surface area contributed by atoms with E-state index in [1.54, 1.807) is 0 Å². The number of halogens is 2. The van der Waals surface area contributed by atoms with E-state index < -0.39 is 0 Å². The molecule has 0 radical (unpaired) electrons. The number of likely N-dealkylation sites (tertiary alicyclic amines) is 2. The van der Waals surface area contributed by atoms with Gasteiger partial charge >= 0.3 is 0 Å². The Bertz CT molecular complexity index is 1180. The van der Waals surface area contributed by atoms with Gasteiger partial charge in [-0.2, -0.15) is 0 Å². The molecule has 2 aliphatic heterocycles. The van der Waals surface area contributed by atoms with E-state index in [4.69, 9.17) is 23.2 Å². The van der Waals surface area contributed by atoms with Crippen molar-refractivity contribution < 1.29 is 4.79 Å². The number of carbonyl (C=O) groups excluding carboxylic acids is 1. The van der Waals surface area contributed by atoms with Crippen molar-refractivity contribution in [2.24, 2.45) is 0 Å². The average molecular weight is 536 g/mol. The zero-order valence-corrected chi connectivity index (χ0v) is 22.9. The van der Waals surface area contributed by atoms with Crippen LogP contribution in [0.3, 0.4) is 0 Å². The number of piperidine rings is 2. The van der Waals surface area contributed by atoms with Crippen LogP contribution in [-0.4, -0.2) is 48.4 Å². The zero-order chi connectivity index (χ0) is 25.7. The Balaban J connectivity index is 1.27. The van der Waals surface area contributed by atoms with Crippen LogP contribution in [-0.2, 0) is 5.41 Å². The summed E-state index contributed by atoms with van der Waals surface area (Å²) < 4.78 is 0. The lowest BCUT2D eigenvalue weighted by Crippen LogP contribution is -2.49. The molecule has 3 aromatic rings. The van der Waals surface area contributed by atoms with Gasteiger partial charge in [-0.15, -0.1) is 0 Å². The van der Waals surface area contributed by atoms with Crippen LogP contribution in [0.15, 0.2) is 78.9 Å². The maximum absolute atomic E-state index is 13.4. The van der Waals surface area contributed by atoms with Crippen LogP contribution in [0.4, 0.5) is 0 Å². The quantitative estimate of drug-likeness (QED) is 0.308. The van der Waals surface area contributed by atoms with Crippen molar-refractivity contribution in [3.05, 3.63) is 106 Å². The fourth-order valence-electron chi connectivity index (χ4n) is 6.33. The van der Waals surface area contributed by atoms with Gasteiger partial charge in [0.1, 0.15) is 0 Å². The van der Waals surface area contributed by atoms with Gasteiger partial charge in [0, 0.05) is 24.1 Å². The zero-order valence-electron chi connectivity index (χ0n) is 21.4. The van der Waals surface area contributed by atoms with Gasteiger partial charge in [-0.05, 0) is 99.5 Å². The normalized spacial score (nSPS) is 21.2.